The van der Waals surface area contributed by atoms with E-state index in [9.17, 15) is 0 Å². The van der Waals surface area contributed by atoms with Crippen molar-refractivity contribution in [3.63, 3.8) is 0 Å². The summed E-state index contributed by atoms with van der Waals surface area (Å²) in [5.41, 5.74) is 6.94. The summed E-state index contributed by atoms with van der Waals surface area (Å²) in [6.07, 6.45) is 10.3. The van der Waals surface area contributed by atoms with Gasteiger partial charge < -0.3 is 14.9 Å². The average Bonchev–Trinajstić information content (AvgIpc) is 2.87. The minimum atomic E-state index is 0.0377. The molecule has 86 valence electrons. The predicted octanol–water partition coefficient (Wildman–Crippen LogP) is 1.19. The number of rotatable bonds is 5. The van der Waals surface area contributed by atoms with Crippen LogP contribution in [0.5, 0.6) is 0 Å². The van der Waals surface area contributed by atoms with E-state index in [-0.39, 0.29) is 6.04 Å². The first-order valence-corrected chi connectivity index (χ1v) is 5.48. The van der Waals surface area contributed by atoms with Crippen LogP contribution in [0.4, 0.5) is 0 Å². The van der Waals surface area contributed by atoms with Crippen LogP contribution in [0.15, 0.2) is 31.2 Å². The third-order valence-corrected chi connectivity index (χ3v) is 2.59. The van der Waals surface area contributed by atoms with Crippen LogP contribution in [0.1, 0.15) is 25.1 Å². The van der Waals surface area contributed by atoms with E-state index < -0.39 is 0 Å². The highest BCUT2D eigenvalue weighted by molar-refractivity contribution is 5.02. The number of hydrogen-bond acceptors (Lipinski definition) is 3. The van der Waals surface area contributed by atoms with Crippen molar-refractivity contribution in [3.05, 3.63) is 36.9 Å². The lowest BCUT2D eigenvalue weighted by atomic mass is 10.2. The summed E-state index contributed by atoms with van der Waals surface area (Å²) in [6, 6.07) is 0.0377. The Bertz CT molecular complexity index is 415. The van der Waals surface area contributed by atoms with Crippen LogP contribution in [-0.2, 0) is 13.1 Å². The topological polar surface area (TPSA) is 61.7 Å². The highest BCUT2D eigenvalue weighted by Gasteiger charge is 2.05. The molecule has 0 radical (unpaired) electrons. The first kappa shape index (κ1) is 10.9. The minimum absolute atomic E-state index is 0.0377. The molecule has 2 heterocycles. The van der Waals surface area contributed by atoms with E-state index in [0.29, 0.717) is 0 Å². The molecule has 0 unspecified atom stereocenters. The molecule has 0 fully saturated rings. The molecule has 0 aliphatic heterocycles. The molecule has 0 aliphatic rings. The second-order valence-electron chi connectivity index (χ2n) is 3.95. The quantitative estimate of drug-likeness (QED) is 0.821. The van der Waals surface area contributed by atoms with Crippen LogP contribution in [-0.4, -0.2) is 19.1 Å². The Morgan fingerprint density at radius 3 is 2.88 bits per heavy atom. The van der Waals surface area contributed by atoms with E-state index in [4.69, 9.17) is 5.73 Å². The van der Waals surface area contributed by atoms with Gasteiger partial charge in [0, 0.05) is 37.7 Å². The third-order valence-electron chi connectivity index (χ3n) is 2.59. The number of nitrogens with zero attached hydrogens (tertiary/aromatic N) is 4. The lowest BCUT2D eigenvalue weighted by Gasteiger charge is -2.10. The highest BCUT2D eigenvalue weighted by atomic mass is 15.1. The van der Waals surface area contributed by atoms with Crippen molar-refractivity contribution in [2.24, 2.45) is 5.73 Å². The lowest BCUT2D eigenvalue weighted by molar-refractivity contribution is 0.540. The molecule has 2 rings (SSSR count). The zero-order valence-electron chi connectivity index (χ0n) is 9.45. The van der Waals surface area contributed by atoms with Crippen LogP contribution in [0.25, 0.3) is 0 Å². The van der Waals surface area contributed by atoms with Gasteiger partial charge in [-0.2, -0.15) is 0 Å². The van der Waals surface area contributed by atoms with Gasteiger partial charge in [0.1, 0.15) is 0 Å². The molecule has 0 bridgehead atoms. The van der Waals surface area contributed by atoms with E-state index in [0.717, 1.165) is 25.2 Å². The van der Waals surface area contributed by atoms with E-state index in [1.165, 1.54) is 0 Å². The van der Waals surface area contributed by atoms with Gasteiger partial charge in [-0.1, -0.05) is 0 Å². The smallest absolute Gasteiger partial charge is 0.0948 e. The number of aromatic nitrogens is 4. The van der Waals surface area contributed by atoms with Gasteiger partial charge in [0.05, 0.1) is 18.3 Å². The fraction of sp³-hybridized carbons (Fsp3) is 0.455. The molecule has 2 N–H and O–H groups in total. The fourth-order valence-electron chi connectivity index (χ4n) is 1.74. The molecule has 0 aromatic carbocycles. The maximum absolute atomic E-state index is 5.85. The molecule has 0 spiro atoms. The number of aryl methyl sites for hydroxylation is 2. The molecular weight excluding hydrogens is 202 g/mol. The van der Waals surface area contributed by atoms with Crippen molar-refractivity contribution in [2.45, 2.75) is 32.5 Å². The summed E-state index contributed by atoms with van der Waals surface area (Å²) < 4.78 is 4.18. The van der Waals surface area contributed by atoms with Gasteiger partial charge in [0.15, 0.2) is 0 Å². The van der Waals surface area contributed by atoms with Gasteiger partial charge in [-0.15, -0.1) is 0 Å². The van der Waals surface area contributed by atoms with Crippen LogP contribution in [0.2, 0.25) is 0 Å². The highest BCUT2D eigenvalue weighted by Crippen LogP contribution is 2.09. The average molecular weight is 219 g/mol. The summed E-state index contributed by atoms with van der Waals surface area (Å²) in [4.78, 5) is 8.13. The maximum atomic E-state index is 5.85. The van der Waals surface area contributed by atoms with Crippen molar-refractivity contribution in [1.29, 1.82) is 0 Å². The molecule has 0 saturated carbocycles. The lowest BCUT2D eigenvalue weighted by Crippen LogP contribution is -2.12. The second kappa shape index (κ2) is 4.94. The molecule has 0 saturated heterocycles. The molecule has 2 aromatic heterocycles. The monoisotopic (exact) mass is 219 g/mol. The predicted molar refractivity (Wildman–Crippen MR) is 61.7 cm³/mol. The zero-order chi connectivity index (χ0) is 11.4. The van der Waals surface area contributed by atoms with E-state index >= 15 is 0 Å². The Morgan fingerprint density at radius 2 is 2.19 bits per heavy atom. The van der Waals surface area contributed by atoms with Crippen LogP contribution < -0.4 is 5.73 Å². The largest absolute Gasteiger partial charge is 0.337 e. The van der Waals surface area contributed by atoms with Crippen LogP contribution >= 0.6 is 0 Å². The normalized spacial score (nSPS) is 12.9. The number of nitrogens with two attached hydrogens (primary N) is 1. The van der Waals surface area contributed by atoms with Gasteiger partial charge in [-0.3, -0.25) is 0 Å². The summed E-state index contributed by atoms with van der Waals surface area (Å²) in [7, 11) is 0. The number of hydrogen-bond donors (Lipinski definition) is 1. The standard InChI is InChI=1S/C11H17N5/c1-10(12)11-7-14-9-16(11)5-2-4-15-6-3-13-8-15/h3,6-10H,2,4-5,12H2,1H3/t10-/m0/s1. The minimum Gasteiger partial charge on any atom is -0.337 e. The summed E-state index contributed by atoms with van der Waals surface area (Å²) in [6.45, 7) is 3.88. The van der Waals surface area contributed by atoms with Crippen molar-refractivity contribution in [3.8, 4) is 0 Å². The van der Waals surface area contributed by atoms with E-state index in [1.807, 2.05) is 32.0 Å². The molecular formula is C11H17N5. The fourth-order valence-corrected chi connectivity index (χ4v) is 1.74. The van der Waals surface area contributed by atoms with Crippen molar-refractivity contribution >= 4 is 0 Å². The van der Waals surface area contributed by atoms with Gasteiger partial charge >= 0.3 is 0 Å². The maximum Gasteiger partial charge on any atom is 0.0948 e. The van der Waals surface area contributed by atoms with E-state index in [2.05, 4.69) is 19.1 Å². The van der Waals surface area contributed by atoms with Gasteiger partial charge in [0.2, 0.25) is 0 Å². The Hall–Kier alpha value is -1.62. The first-order chi connectivity index (χ1) is 7.77. The molecule has 1 atom stereocenters. The summed E-state index contributed by atoms with van der Waals surface area (Å²) >= 11 is 0. The molecule has 0 amide bonds. The number of imidazole rings is 2. The SMILES string of the molecule is C[C@H](N)c1cncn1CCCn1ccnc1. The van der Waals surface area contributed by atoms with Gasteiger partial charge in [-0.05, 0) is 13.3 Å². The van der Waals surface area contributed by atoms with Crippen molar-refractivity contribution < 1.29 is 0 Å². The molecule has 2 aromatic rings. The molecule has 16 heavy (non-hydrogen) atoms. The summed E-state index contributed by atoms with van der Waals surface area (Å²) in [5, 5.41) is 0. The molecule has 0 aliphatic carbocycles. The Balaban J connectivity index is 1.87. The van der Waals surface area contributed by atoms with Crippen molar-refractivity contribution in [2.75, 3.05) is 0 Å². The van der Waals surface area contributed by atoms with Gasteiger partial charge in [0.25, 0.3) is 0 Å². The summed E-state index contributed by atoms with van der Waals surface area (Å²) in [5.74, 6) is 0. The third kappa shape index (κ3) is 2.49. The van der Waals surface area contributed by atoms with Gasteiger partial charge in [-0.25, -0.2) is 9.97 Å². The zero-order valence-corrected chi connectivity index (χ0v) is 9.45. The van der Waals surface area contributed by atoms with Crippen LogP contribution in [0.3, 0.4) is 0 Å². The Morgan fingerprint density at radius 1 is 1.31 bits per heavy atom. The van der Waals surface area contributed by atoms with Crippen LogP contribution in [0, 0.1) is 0 Å². The molecule has 5 nitrogen and oxygen atoms in total. The van der Waals surface area contributed by atoms with Crippen molar-refractivity contribution in [1.82, 2.24) is 19.1 Å². The Kier molecular flexibility index (Phi) is 3.36. The first-order valence-electron chi connectivity index (χ1n) is 5.48. The second-order valence-corrected chi connectivity index (χ2v) is 3.95. The molecule has 5 heteroatoms. The van der Waals surface area contributed by atoms with E-state index in [1.54, 1.807) is 6.20 Å². The Labute approximate surface area is 94.9 Å².